The lowest BCUT2D eigenvalue weighted by Crippen LogP contribution is -2.29. The van der Waals surface area contributed by atoms with Crippen molar-refractivity contribution in [2.45, 2.75) is 65.1 Å². The Morgan fingerprint density at radius 3 is 2.54 bits per heavy atom. The molecule has 1 saturated heterocycles. The standard InChI is InChI=1S/C25H34N6O4/c1-4-5-13-34-23-28-20(26)19-21(29-23)31(22(27-19)25(2,3)35-24(32)33)16-18-10-8-9-17(14-18)15-30-11-6-7-12-30/h8-10,14H,4-7,11-13,15-16H2,1-3H3,(H,32,33)(H2,26,28,29). The number of nitrogens with two attached hydrogens (primary N) is 1. The molecule has 35 heavy (non-hydrogen) atoms. The number of carboxylic acid groups (broad SMARTS) is 1. The van der Waals surface area contributed by atoms with Gasteiger partial charge in [-0.05, 0) is 57.3 Å². The van der Waals surface area contributed by atoms with Crippen LogP contribution >= 0.6 is 0 Å². The van der Waals surface area contributed by atoms with Gasteiger partial charge in [0.25, 0.3) is 0 Å². The Morgan fingerprint density at radius 1 is 1.14 bits per heavy atom. The Kier molecular flexibility index (Phi) is 7.39. The van der Waals surface area contributed by atoms with Gasteiger partial charge < -0.3 is 24.9 Å². The lowest BCUT2D eigenvalue weighted by molar-refractivity contribution is -0.00576. The van der Waals surface area contributed by atoms with Gasteiger partial charge in [-0.2, -0.15) is 9.97 Å². The average molecular weight is 483 g/mol. The molecule has 1 aromatic carbocycles. The zero-order valence-electron chi connectivity index (χ0n) is 20.7. The lowest BCUT2D eigenvalue weighted by Gasteiger charge is -2.24. The maximum absolute atomic E-state index is 11.4. The van der Waals surface area contributed by atoms with Gasteiger partial charge in [-0.15, -0.1) is 0 Å². The van der Waals surface area contributed by atoms with Gasteiger partial charge in [-0.25, -0.2) is 9.78 Å². The van der Waals surface area contributed by atoms with Crippen LogP contribution in [0.2, 0.25) is 0 Å². The van der Waals surface area contributed by atoms with E-state index in [0.717, 1.165) is 38.0 Å². The molecular weight excluding hydrogens is 448 g/mol. The first-order valence-electron chi connectivity index (χ1n) is 12.2. The average Bonchev–Trinajstić information content (AvgIpc) is 3.42. The van der Waals surface area contributed by atoms with Crippen LogP contribution in [0.3, 0.4) is 0 Å². The van der Waals surface area contributed by atoms with E-state index in [-0.39, 0.29) is 11.8 Å². The van der Waals surface area contributed by atoms with Gasteiger partial charge in [0.15, 0.2) is 28.4 Å². The summed E-state index contributed by atoms with van der Waals surface area (Å²) in [6.07, 6.45) is 2.95. The van der Waals surface area contributed by atoms with Gasteiger partial charge >= 0.3 is 12.2 Å². The molecule has 0 saturated carbocycles. The fourth-order valence-corrected chi connectivity index (χ4v) is 4.45. The number of nitrogens with zero attached hydrogens (tertiary/aromatic N) is 5. The summed E-state index contributed by atoms with van der Waals surface area (Å²) in [5.41, 5.74) is 8.12. The number of rotatable bonds is 10. The molecule has 0 spiro atoms. The summed E-state index contributed by atoms with van der Waals surface area (Å²) < 4.78 is 12.8. The first kappa shape index (κ1) is 24.7. The third-order valence-corrected chi connectivity index (χ3v) is 6.15. The highest BCUT2D eigenvalue weighted by Gasteiger charge is 2.33. The molecule has 10 heteroatoms. The predicted molar refractivity (Wildman–Crippen MR) is 132 cm³/mol. The van der Waals surface area contributed by atoms with Crippen molar-refractivity contribution < 1.29 is 19.4 Å². The molecule has 0 bridgehead atoms. The Bertz CT molecular complexity index is 1190. The van der Waals surface area contributed by atoms with Gasteiger partial charge in [0, 0.05) is 6.54 Å². The molecule has 3 aromatic rings. The summed E-state index contributed by atoms with van der Waals surface area (Å²) in [5, 5.41) is 9.32. The summed E-state index contributed by atoms with van der Waals surface area (Å²) in [7, 11) is 0. The molecule has 10 nitrogen and oxygen atoms in total. The Labute approximate surface area is 205 Å². The van der Waals surface area contributed by atoms with Crippen LogP contribution in [-0.4, -0.2) is 55.4 Å². The second-order valence-electron chi connectivity index (χ2n) is 9.47. The van der Waals surface area contributed by atoms with Crippen LogP contribution < -0.4 is 10.5 Å². The van der Waals surface area contributed by atoms with Crippen LogP contribution in [-0.2, 0) is 23.4 Å². The number of benzene rings is 1. The van der Waals surface area contributed by atoms with E-state index in [0.29, 0.717) is 30.1 Å². The maximum Gasteiger partial charge on any atom is 0.506 e. The third kappa shape index (κ3) is 5.82. The van der Waals surface area contributed by atoms with E-state index in [9.17, 15) is 9.90 Å². The summed E-state index contributed by atoms with van der Waals surface area (Å²) in [6.45, 7) is 9.44. The van der Waals surface area contributed by atoms with Crippen molar-refractivity contribution in [1.82, 2.24) is 24.4 Å². The van der Waals surface area contributed by atoms with Crippen molar-refractivity contribution in [3.63, 3.8) is 0 Å². The van der Waals surface area contributed by atoms with Gasteiger partial charge in [0.2, 0.25) is 0 Å². The Morgan fingerprint density at radius 2 is 1.86 bits per heavy atom. The zero-order chi connectivity index (χ0) is 25.0. The quantitative estimate of drug-likeness (QED) is 0.323. The summed E-state index contributed by atoms with van der Waals surface area (Å²) in [5.74, 6) is 0.571. The summed E-state index contributed by atoms with van der Waals surface area (Å²) in [4.78, 5) is 27.4. The van der Waals surface area contributed by atoms with Crippen molar-refractivity contribution in [3.05, 3.63) is 41.2 Å². The highest BCUT2D eigenvalue weighted by Crippen LogP contribution is 2.31. The lowest BCUT2D eigenvalue weighted by atomic mass is 10.1. The number of fused-ring (bicyclic) bond motifs is 1. The zero-order valence-corrected chi connectivity index (χ0v) is 20.7. The van der Waals surface area contributed by atoms with Crippen LogP contribution in [0, 0.1) is 0 Å². The molecule has 1 fully saturated rings. The summed E-state index contributed by atoms with van der Waals surface area (Å²) in [6, 6.07) is 8.56. The second-order valence-corrected chi connectivity index (χ2v) is 9.47. The normalized spacial score (nSPS) is 14.5. The second kappa shape index (κ2) is 10.5. The van der Waals surface area contributed by atoms with Gasteiger partial charge in [0.05, 0.1) is 13.2 Å². The number of anilines is 1. The number of likely N-dealkylation sites (tertiary alicyclic amines) is 1. The van der Waals surface area contributed by atoms with E-state index in [1.807, 2.05) is 16.7 Å². The number of unbranched alkanes of at least 4 members (excludes halogenated alkanes) is 1. The monoisotopic (exact) mass is 482 g/mol. The highest BCUT2D eigenvalue weighted by atomic mass is 16.7. The maximum atomic E-state index is 11.4. The number of aromatic nitrogens is 4. The molecule has 0 amide bonds. The van der Waals surface area contributed by atoms with Gasteiger partial charge in [0.1, 0.15) is 0 Å². The van der Waals surface area contributed by atoms with E-state index >= 15 is 0 Å². The van der Waals surface area contributed by atoms with Crippen molar-refractivity contribution >= 4 is 23.1 Å². The molecule has 1 aliphatic rings. The fraction of sp³-hybridized carbons (Fsp3) is 0.520. The van der Waals surface area contributed by atoms with Crippen LogP contribution in [0.4, 0.5) is 10.6 Å². The molecule has 0 aliphatic carbocycles. The molecule has 188 valence electrons. The highest BCUT2D eigenvalue weighted by molar-refractivity contribution is 5.83. The first-order chi connectivity index (χ1) is 16.8. The Hall–Kier alpha value is -3.40. The number of hydrogen-bond donors (Lipinski definition) is 2. The smallest absolute Gasteiger partial charge is 0.463 e. The number of carbonyl (C=O) groups is 1. The minimum absolute atomic E-state index is 0.176. The van der Waals surface area contributed by atoms with Crippen LogP contribution in [0.1, 0.15) is 63.4 Å². The van der Waals surface area contributed by atoms with Crippen LogP contribution in [0.15, 0.2) is 24.3 Å². The minimum atomic E-state index is -1.39. The molecular formula is C25H34N6O4. The van der Waals surface area contributed by atoms with Gasteiger partial charge in [-0.3, -0.25) is 4.90 Å². The van der Waals surface area contributed by atoms with E-state index in [1.165, 1.54) is 18.4 Å². The molecule has 1 aliphatic heterocycles. The molecule has 4 rings (SSSR count). The summed E-state index contributed by atoms with van der Waals surface area (Å²) >= 11 is 0. The third-order valence-electron chi connectivity index (χ3n) is 6.15. The van der Waals surface area contributed by atoms with Crippen molar-refractivity contribution in [3.8, 4) is 6.01 Å². The number of hydrogen-bond acceptors (Lipinski definition) is 8. The molecule has 0 atom stereocenters. The minimum Gasteiger partial charge on any atom is -0.463 e. The van der Waals surface area contributed by atoms with Crippen LogP contribution in [0.5, 0.6) is 6.01 Å². The van der Waals surface area contributed by atoms with Crippen LogP contribution in [0.25, 0.3) is 11.2 Å². The fourth-order valence-electron chi connectivity index (χ4n) is 4.45. The van der Waals surface area contributed by atoms with E-state index < -0.39 is 11.8 Å². The number of nitrogen functional groups attached to an aromatic ring is 1. The molecule has 2 aromatic heterocycles. The number of imidazole rings is 1. The van der Waals surface area contributed by atoms with E-state index in [2.05, 4.69) is 38.9 Å². The predicted octanol–water partition coefficient (Wildman–Crippen LogP) is 4.16. The molecule has 0 radical (unpaired) electrons. The van der Waals surface area contributed by atoms with Crippen molar-refractivity contribution in [2.24, 2.45) is 0 Å². The SMILES string of the molecule is CCCCOc1nc(N)c2nc(C(C)(C)OC(=O)O)n(Cc3cccc(CN4CCCC4)c3)c2n1. The molecule has 3 N–H and O–H groups in total. The van der Waals surface area contributed by atoms with Crippen molar-refractivity contribution in [2.75, 3.05) is 25.4 Å². The van der Waals surface area contributed by atoms with Crippen molar-refractivity contribution in [1.29, 1.82) is 0 Å². The first-order valence-corrected chi connectivity index (χ1v) is 12.2. The molecule has 0 unspecified atom stereocenters. The van der Waals surface area contributed by atoms with E-state index in [4.69, 9.17) is 15.2 Å². The number of ether oxygens (including phenoxy) is 2. The topological polar surface area (TPSA) is 129 Å². The molecule has 3 heterocycles. The largest absolute Gasteiger partial charge is 0.506 e. The van der Waals surface area contributed by atoms with E-state index in [1.54, 1.807) is 13.8 Å². The Balaban J connectivity index is 1.74. The van der Waals surface area contributed by atoms with Gasteiger partial charge in [-0.1, -0.05) is 37.6 Å².